The molecule has 1 fully saturated rings. The molecule has 0 heterocycles. The maximum Gasteiger partial charge on any atom is 0.0343 e. The van der Waals surface area contributed by atoms with E-state index in [1.165, 1.54) is 18.4 Å². The van der Waals surface area contributed by atoms with Crippen LogP contribution in [0.5, 0.6) is 0 Å². The zero-order valence-corrected chi connectivity index (χ0v) is 11.9. The molecule has 0 spiro atoms. The molecule has 1 aromatic carbocycles. The molecular weight excluding hydrogens is 220 g/mol. The molecule has 2 rings (SSSR count). The molecule has 1 aromatic rings. The molecule has 1 aliphatic carbocycles. The lowest BCUT2D eigenvalue weighted by molar-refractivity contribution is 0.0890. The Bertz CT molecular complexity index is 372. The highest BCUT2D eigenvalue weighted by Gasteiger charge is 2.38. The molecule has 0 saturated heterocycles. The summed E-state index contributed by atoms with van der Waals surface area (Å²) >= 11 is 0. The van der Waals surface area contributed by atoms with Crippen LogP contribution in [-0.4, -0.2) is 30.1 Å². The van der Waals surface area contributed by atoms with Crippen LogP contribution in [-0.2, 0) is 6.42 Å². The van der Waals surface area contributed by atoms with Crippen molar-refractivity contribution < 1.29 is 0 Å². The summed E-state index contributed by atoms with van der Waals surface area (Å²) in [5.41, 5.74) is 7.51. The summed E-state index contributed by atoms with van der Waals surface area (Å²) in [4.78, 5) is 2.50. The largest absolute Gasteiger partial charge is 0.329 e. The van der Waals surface area contributed by atoms with E-state index in [2.05, 4.69) is 56.1 Å². The third-order valence-electron chi connectivity index (χ3n) is 4.63. The molecule has 18 heavy (non-hydrogen) atoms. The fourth-order valence-electron chi connectivity index (χ4n) is 2.76. The number of likely N-dealkylation sites (N-methyl/N-ethyl adjacent to an activating group) is 1. The first kappa shape index (κ1) is 13.6. The van der Waals surface area contributed by atoms with Gasteiger partial charge in [0, 0.05) is 18.1 Å². The first-order valence-corrected chi connectivity index (χ1v) is 7.04. The van der Waals surface area contributed by atoms with Crippen LogP contribution in [0.3, 0.4) is 0 Å². The molecule has 0 radical (unpaired) electrons. The molecule has 1 saturated carbocycles. The maximum absolute atomic E-state index is 6.07. The van der Waals surface area contributed by atoms with E-state index in [0.29, 0.717) is 12.6 Å². The van der Waals surface area contributed by atoms with Gasteiger partial charge in [0.05, 0.1) is 0 Å². The molecule has 1 aliphatic rings. The molecule has 0 aromatic heterocycles. The van der Waals surface area contributed by atoms with Gasteiger partial charge in [0.2, 0.25) is 0 Å². The first-order chi connectivity index (χ1) is 8.57. The zero-order valence-electron chi connectivity index (χ0n) is 11.9. The molecule has 0 amide bonds. The van der Waals surface area contributed by atoms with Crippen LogP contribution in [0, 0.1) is 5.92 Å². The Balaban J connectivity index is 2.08. The van der Waals surface area contributed by atoms with Crippen molar-refractivity contribution in [3.8, 4) is 0 Å². The van der Waals surface area contributed by atoms with Crippen molar-refractivity contribution in [1.82, 2.24) is 4.90 Å². The number of hydrogen-bond donors (Lipinski definition) is 1. The highest BCUT2D eigenvalue weighted by molar-refractivity contribution is 5.18. The van der Waals surface area contributed by atoms with Crippen LogP contribution >= 0.6 is 0 Å². The van der Waals surface area contributed by atoms with E-state index in [0.717, 1.165) is 12.3 Å². The molecule has 2 N–H and O–H groups in total. The van der Waals surface area contributed by atoms with Gasteiger partial charge in [-0.15, -0.1) is 0 Å². The van der Waals surface area contributed by atoms with Crippen LogP contribution < -0.4 is 5.73 Å². The van der Waals surface area contributed by atoms with Crippen molar-refractivity contribution in [1.29, 1.82) is 0 Å². The number of nitrogens with zero attached hydrogens (tertiary/aromatic N) is 1. The summed E-state index contributed by atoms with van der Waals surface area (Å²) in [5, 5.41) is 0. The Morgan fingerprint density at radius 3 is 2.44 bits per heavy atom. The summed E-state index contributed by atoms with van der Waals surface area (Å²) in [6.45, 7) is 5.34. The Morgan fingerprint density at radius 1 is 1.33 bits per heavy atom. The van der Waals surface area contributed by atoms with E-state index < -0.39 is 0 Å². The van der Waals surface area contributed by atoms with Crippen molar-refractivity contribution in [2.75, 3.05) is 13.6 Å². The molecule has 2 heteroatoms. The summed E-state index contributed by atoms with van der Waals surface area (Å²) in [5.74, 6) is 0.886. The second-order valence-corrected chi connectivity index (χ2v) is 6.05. The normalized spacial score (nSPS) is 20.7. The predicted molar refractivity (Wildman–Crippen MR) is 77.6 cm³/mol. The Hall–Kier alpha value is -0.860. The second-order valence-electron chi connectivity index (χ2n) is 6.05. The highest BCUT2D eigenvalue weighted by atomic mass is 15.2. The number of benzene rings is 1. The number of nitrogens with two attached hydrogens (primary N) is 1. The lowest BCUT2D eigenvalue weighted by atomic mass is 9.89. The van der Waals surface area contributed by atoms with E-state index in [1.807, 2.05) is 0 Å². The topological polar surface area (TPSA) is 29.3 Å². The molecule has 2 unspecified atom stereocenters. The van der Waals surface area contributed by atoms with Gasteiger partial charge in [0.15, 0.2) is 0 Å². The fraction of sp³-hybridized carbons (Fsp3) is 0.625. The average molecular weight is 246 g/mol. The molecule has 0 bridgehead atoms. The van der Waals surface area contributed by atoms with Crippen molar-refractivity contribution in [2.24, 2.45) is 11.7 Å². The SMILES string of the molecule is CC(C1CC1)N(C)C(C)(CN)Cc1ccccc1. The Kier molecular flexibility index (Phi) is 4.08. The lowest BCUT2D eigenvalue weighted by Gasteiger charge is -2.42. The quantitative estimate of drug-likeness (QED) is 0.836. The third kappa shape index (κ3) is 2.93. The van der Waals surface area contributed by atoms with Gasteiger partial charge in [0.25, 0.3) is 0 Å². The minimum Gasteiger partial charge on any atom is -0.329 e. The summed E-state index contributed by atoms with van der Waals surface area (Å²) in [6.07, 6.45) is 3.80. The van der Waals surface area contributed by atoms with Gasteiger partial charge < -0.3 is 5.73 Å². The van der Waals surface area contributed by atoms with Gasteiger partial charge >= 0.3 is 0 Å². The Labute approximate surface area is 111 Å². The minimum atomic E-state index is 0.0589. The van der Waals surface area contributed by atoms with Gasteiger partial charge in [0.1, 0.15) is 0 Å². The summed E-state index contributed by atoms with van der Waals surface area (Å²) in [6, 6.07) is 11.3. The standard InChI is InChI=1S/C16H26N2/c1-13(15-9-10-15)18(3)16(2,12-17)11-14-7-5-4-6-8-14/h4-8,13,15H,9-12,17H2,1-3H3. The average Bonchev–Trinajstić information content (AvgIpc) is 3.22. The highest BCUT2D eigenvalue weighted by Crippen LogP contribution is 2.37. The van der Waals surface area contributed by atoms with Gasteiger partial charge in [-0.2, -0.15) is 0 Å². The van der Waals surface area contributed by atoms with E-state index >= 15 is 0 Å². The fourth-order valence-corrected chi connectivity index (χ4v) is 2.76. The maximum atomic E-state index is 6.07. The van der Waals surface area contributed by atoms with Crippen LogP contribution in [0.2, 0.25) is 0 Å². The van der Waals surface area contributed by atoms with E-state index in [-0.39, 0.29) is 5.54 Å². The van der Waals surface area contributed by atoms with E-state index in [9.17, 15) is 0 Å². The number of hydrogen-bond acceptors (Lipinski definition) is 2. The van der Waals surface area contributed by atoms with Crippen molar-refractivity contribution >= 4 is 0 Å². The molecule has 0 aliphatic heterocycles. The predicted octanol–water partition coefficient (Wildman–Crippen LogP) is 2.68. The van der Waals surface area contributed by atoms with E-state index in [1.54, 1.807) is 0 Å². The molecule has 2 atom stereocenters. The van der Waals surface area contributed by atoms with Gasteiger partial charge in [-0.25, -0.2) is 0 Å². The minimum absolute atomic E-state index is 0.0589. The second kappa shape index (κ2) is 5.41. The van der Waals surface area contributed by atoms with Crippen LogP contribution in [0.1, 0.15) is 32.3 Å². The zero-order chi connectivity index (χ0) is 13.2. The Morgan fingerprint density at radius 2 is 1.94 bits per heavy atom. The lowest BCUT2D eigenvalue weighted by Crippen LogP contribution is -2.55. The summed E-state index contributed by atoms with van der Waals surface area (Å²) in [7, 11) is 2.23. The van der Waals surface area contributed by atoms with Crippen LogP contribution in [0.15, 0.2) is 30.3 Å². The molecule has 100 valence electrons. The first-order valence-electron chi connectivity index (χ1n) is 7.04. The van der Waals surface area contributed by atoms with Crippen molar-refractivity contribution in [3.05, 3.63) is 35.9 Å². The molecule has 2 nitrogen and oxygen atoms in total. The number of rotatable bonds is 6. The van der Waals surface area contributed by atoms with Gasteiger partial charge in [-0.3, -0.25) is 4.90 Å². The summed E-state index contributed by atoms with van der Waals surface area (Å²) < 4.78 is 0. The molecular formula is C16H26N2. The van der Waals surface area contributed by atoms with Gasteiger partial charge in [-0.05, 0) is 51.6 Å². The smallest absolute Gasteiger partial charge is 0.0343 e. The van der Waals surface area contributed by atoms with Crippen molar-refractivity contribution in [3.63, 3.8) is 0 Å². The monoisotopic (exact) mass is 246 g/mol. The van der Waals surface area contributed by atoms with Crippen molar-refractivity contribution in [2.45, 2.75) is 44.7 Å². The van der Waals surface area contributed by atoms with Crippen LogP contribution in [0.25, 0.3) is 0 Å². The van der Waals surface area contributed by atoms with Gasteiger partial charge in [-0.1, -0.05) is 30.3 Å². The van der Waals surface area contributed by atoms with Crippen LogP contribution in [0.4, 0.5) is 0 Å². The third-order valence-corrected chi connectivity index (χ3v) is 4.63. The van der Waals surface area contributed by atoms with E-state index in [4.69, 9.17) is 5.73 Å².